The van der Waals surface area contributed by atoms with Gasteiger partial charge in [-0.25, -0.2) is 4.79 Å². The maximum atomic E-state index is 13.5. The zero-order valence-corrected chi connectivity index (χ0v) is 14.7. The number of hydrogen-bond donors (Lipinski definition) is 1. The van der Waals surface area contributed by atoms with Gasteiger partial charge in [-0.1, -0.05) is 13.8 Å². The Morgan fingerprint density at radius 2 is 1.32 bits per heavy atom. The summed E-state index contributed by atoms with van der Waals surface area (Å²) in [5.41, 5.74) is 0. The average Bonchev–Trinajstić information content (AvgIpc) is 2.46. The van der Waals surface area contributed by atoms with Gasteiger partial charge in [-0.05, 0) is 19.8 Å². The fourth-order valence-corrected chi connectivity index (χ4v) is 3.81. The maximum absolute atomic E-state index is 13.5. The first-order valence-electron chi connectivity index (χ1n) is 7.30. The van der Waals surface area contributed by atoms with Crippen LogP contribution in [0.2, 0.25) is 0 Å². The first-order valence-corrected chi connectivity index (χ1v) is 8.84. The molecule has 0 radical (unpaired) electrons. The average molecular weight is 403 g/mol. The third-order valence-electron chi connectivity index (χ3n) is 2.72. The van der Waals surface area contributed by atoms with Crippen LogP contribution in [0.1, 0.15) is 33.6 Å². The van der Waals surface area contributed by atoms with Crippen molar-refractivity contribution >= 4 is 13.7 Å². The third-order valence-corrected chi connectivity index (χ3v) is 5.21. The van der Waals surface area contributed by atoms with Gasteiger partial charge in [0.2, 0.25) is 0 Å². The summed E-state index contributed by atoms with van der Waals surface area (Å²) >= 11 is 0. The number of carbonyl (C=O) groups is 1. The number of amides is 1. The van der Waals surface area contributed by atoms with Crippen LogP contribution in [0.4, 0.5) is 31.1 Å². The summed E-state index contributed by atoms with van der Waals surface area (Å²) in [4.78, 5) is 11.4. The minimum atomic E-state index is -6.24. The molecule has 0 rings (SSSR count). The van der Waals surface area contributed by atoms with Crippen molar-refractivity contribution in [2.45, 2.75) is 51.2 Å². The molecule has 0 aliphatic rings. The van der Waals surface area contributed by atoms with Crippen LogP contribution in [0, 0.1) is 0 Å². The van der Waals surface area contributed by atoms with E-state index in [1.54, 1.807) is 0 Å². The van der Waals surface area contributed by atoms with Crippen LogP contribution in [0.15, 0.2) is 0 Å². The highest BCUT2D eigenvalue weighted by Gasteiger charge is 2.83. The topological polar surface area (TPSA) is 73.9 Å². The summed E-state index contributed by atoms with van der Waals surface area (Å²) < 4.78 is 107. The summed E-state index contributed by atoms with van der Waals surface area (Å²) in [5, 5.41) is -4.61. The molecule has 0 fully saturated rings. The van der Waals surface area contributed by atoms with E-state index in [4.69, 9.17) is 0 Å². The molecule has 25 heavy (non-hydrogen) atoms. The smallest absolute Gasteiger partial charge is 0.432 e. The molecule has 0 spiro atoms. The van der Waals surface area contributed by atoms with Crippen LogP contribution in [0.3, 0.4) is 0 Å². The van der Waals surface area contributed by atoms with E-state index in [-0.39, 0.29) is 12.8 Å². The minimum Gasteiger partial charge on any atom is -0.450 e. The van der Waals surface area contributed by atoms with Crippen LogP contribution in [-0.2, 0) is 18.3 Å². The van der Waals surface area contributed by atoms with Gasteiger partial charge in [0.25, 0.3) is 0 Å². The maximum Gasteiger partial charge on any atom is 0.432 e. The lowest BCUT2D eigenvalue weighted by atomic mass is 10.2. The van der Waals surface area contributed by atoms with Gasteiger partial charge in [0.15, 0.2) is 0 Å². The number of rotatable bonds is 9. The Morgan fingerprint density at radius 1 is 0.920 bits per heavy atom. The molecule has 0 heterocycles. The van der Waals surface area contributed by atoms with Crippen LogP contribution < -0.4 is 5.32 Å². The molecular formula is C12H20F6NO5P. The van der Waals surface area contributed by atoms with E-state index in [0.29, 0.717) is 5.32 Å². The predicted molar refractivity (Wildman–Crippen MR) is 75.1 cm³/mol. The van der Waals surface area contributed by atoms with Crippen LogP contribution in [0.25, 0.3) is 0 Å². The Kier molecular flexibility index (Phi) is 8.72. The molecule has 0 aromatic carbocycles. The van der Waals surface area contributed by atoms with Crippen molar-refractivity contribution in [1.82, 2.24) is 5.32 Å². The highest BCUT2D eigenvalue weighted by Crippen LogP contribution is 2.69. The summed E-state index contributed by atoms with van der Waals surface area (Å²) in [7, 11) is -5.98. The van der Waals surface area contributed by atoms with Crippen molar-refractivity contribution in [3.63, 3.8) is 0 Å². The largest absolute Gasteiger partial charge is 0.450 e. The van der Waals surface area contributed by atoms with Gasteiger partial charge < -0.3 is 13.8 Å². The zero-order chi connectivity index (χ0) is 19.9. The van der Waals surface area contributed by atoms with E-state index in [9.17, 15) is 35.7 Å². The second-order valence-corrected chi connectivity index (χ2v) is 6.90. The van der Waals surface area contributed by atoms with Gasteiger partial charge in [-0.15, -0.1) is 0 Å². The Balaban J connectivity index is 6.44. The van der Waals surface area contributed by atoms with Crippen molar-refractivity contribution < 1.29 is 49.5 Å². The van der Waals surface area contributed by atoms with Crippen LogP contribution >= 0.6 is 7.60 Å². The van der Waals surface area contributed by atoms with Crippen molar-refractivity contribution in [2.75, 3.05) is 19.8 Å². The number of ether oxygens (including phenoxy) is 1. The lowest BCUT2D eigenvalue weighted by Gasteiger charge is -2.40. The van der Waals surface area contributed by atoms with Gasteiger partial charge in [0, 0.05) is 0 Å². The first kappa shape index (κ1) is 24.0. The summed E-state index contributed by atoms with van der Waals surface area (Å²) in [6.07, 6.45) is -14.6. The Bertz CT molecular complexity index is 456. The van der Waals surface area contributed by atoms with E-state index in [0.717, 1.165) is 0 Å². The molecule has 13 heteroatoms. The number of nitrogens with one attached hydrogen (secondary N) is 1. The number of halogens is 6. The fraction of sp³-hybridized carbons (Fsp3) is 0.917. The molecule has 0 aliphatic carbocycles. The van der Waals surface area contributed by atoms with E-state index < -0.39 is 51.1 Å². The number of alkyl carbamates (subject to hydrolysis) is 1. The third kappa shape index (κ3) is 5.24. The molecule has 0 aromatic heterocycles. The van der Waals surface area contributed by atoms with Crippen molar-refractivity contribution in [3.8, 4) is 0 Å². The lowest BCUT2D eigenvalue weighted by Crippen LogP contribution is -2.67. The van der Waals surface area contributed by atoms with Gasteiger partial charge in [0.1, 0.15) is 0 Å². The van der Waals surface area contributed by atoms with E-state index in [2.05, 4.69) is 13.8 Å². The molecule has 0 unspecified atom stereocenters. The van der Waals surface area contributed by atoms with Gasteiger partial charge >= 0.3 is 31.3 Å². The van der Waals surface area contributed by atoms with Crippen molar-refractivity contribution in [3.05, 3.63) is 0 Å². The molecule has 150 valence electrons. The quantitative estimate of drug-likeness (QED) is 0.450. The summed E-state index contributed by atoms with van der Waals surface area (Å²) in [6.45, 7) is 2.01. The zero-order valence-electron chi connectivity index (χ0n) is 13.8. The molecular weight excluding hydrogens is 383 g/mol. The molecule has 0 saturated heterocycles. The Morgan fingerprint density at radius 3 is 1.60 bits per heavy atom. The van der Waals surface area contributed by atoms with Gasteiger partial charge in [-0.2, -0.15) is 26.3 Å². The van der Waals surface area contributed by atoms with Crippen molar-refractivity contribution in [2.24, 2.45) is 0 Å². The summed E-state index contributed by atoms with van der Waals surface area (Å²) in [5.74, 6) is 0. The Hall–Kier alpha value is -1.00. The molecule has 1 amide bonds. The highest BCUT2D eigenvalue weighted by atomic mass is 31.2. The molecule has 0 aromatic rings. The number of carbonyl (C=O) groups excluding carboxylic acids is 1. The molecule has 0 saturated carbocycles. The molecule has 1 N–H and O–H groups in total. The second-order valence-electron chi connectivity index (χ2n) is 4.72. The molecule has 0 aliphatic heterocycles. The van der Waals surface area contributed by atoms with E-state index in [1.807, 2.05) is 0 Å². The first-order chi connectivity index (χ1) is 11.3. The Labute approximate surface area is 140 Å². The van der Waals surface area contributed by atoms with Crippen LogP contribution in [-0.4, -0.2) is 43.5 Å². The van der Waals surface area contributed by atoms with Gasteiger partial charge in [0.05, 0.1) is 19.8 Å². The lowest BCUT2D eigenvalue weighted by molar-refractivity contribution is -0.280. The molecule has 0 bridgehead atoms. The molecule has 0 atom stereocenters. The molecule has 6 nitrogen and oxygen atoms in total. The second kappa shape index (κ2) is 9.09. The normalized spacial score (nSPS) is 13.6. The van der Waals surface area contributed by atoms with E-state index >= 15 is 0 Å². The fourth-order valence-electron chi connectivity index (χ4n) is 1.65. The van der Waals surface area contributed by atoms with E-state index in [1.165, 1.54) is 20.8 Å². The van der Waals surface area contributed by atoms with Gasteiger partial charge in [-0.3, -0.25) is 9.88 Å². The predicted octanol–water partition coefficient (Wildman–Crippen LogP) is 4.60. The van der Waals surface area contributed by atoms with Crippen LogP contribution in [0.5, 0.6) is 0 Å². The summed E-state index contributed by atoms with van der Waals surface area (Å²) in [6, 6.07) is 0. The standard InChI is InChI=1S/C12H20F6NO5P/c1-4-7-23-25(21,24-8-5-2)10(11(13,14)15,12(16,17)18)19-9(20)22-6-3/h4-8H2,1-3H3,(H,19,20). The minimum absolute atomic E-state index is 0.0370. The number of hydrogen-bond acceptors (Lipinski definition) is 5. The highest BCUT2D eigenvalue weighted by molar-refractivity contribution is 7.55. The SMILES string of the molecule is CCCOP(=O)(OCCC)C(NC(=O)OCC)(C(F)(F)F)C(F)(F)F. The number of alkyl halides is 6. The monoisotopic (exact) mass is 403 g/mol. The van der Waals surface area contributed by atoms with Crippen molar-refractivity contribution in [1.29, 1.82) is 0 Å².